The number of carbonyl (C=O) groups excluding carboxylic acids is 1. The first-order valence-corrected chi connectivity index (χ1v) is 9.88. The molecule has 2 aromatic carbocycles. The molecule has 0 saturated carbocycles. The Morgan fingerprint density at radius 3 is 2.78 bits per heavy atom. The third-order valence-electron chi connectivity index (χ3n) is 4.57. The predicted octanol–water partition coefficient (Wildman–Crippen LogP) is 4.44. The summed E-state index contributed by atoms with van der Waals surface area (Å²) in [5.41, 5.74) is 3.70. The Balaban J connectivity index is 1.76. The summed E-state index contributed by atoms with van der Waals surface area (Å²) in [6, 6.07) is 13.4. The fourth-order valence-electron chi connectivity index (χ4n) is 2.86. The summed E-state index contributed by atoms with van der Waals surface area (Å²) in [6.45, 7) is 5.33. The number of nitrogens with zero attached hydrogens (tertiary/aromatic N) is 1. The number of carbonyl (C=O) groups is 1. The average Bonchev–Trinajstić information content (AvgIpc) is 3.15. The van der Waals surface area contributed by atoms with E-state index < -0.39 is 0 Å². The predicted molar refractivity (Wildman–Crippen MR) is 112 cm³/mol. The standard InChI is InChI=1S/C21H24BrN3O2/c1-14-8-9-16(11-15(14)2)20(26)25-21(23-13-19-7-4-10-27-19)24-18-6-3-5-17(22)12-18/h3,5-6,8-9,11-12,19H,4,7,10,13H2,1-2H3,(H2,23,24,25,26). The number of guanidine groups is 1. The zero-order valence-corrected chi connectivity index (χ0v) is 17.2. The zero-order valence-electron chi connectivity index (χ0n) is 15.6. The number of anilines is 1. The number of rotatable bonds is 4. The number of aryl methyl sites for hydroxylation is 2. The van der Waals surface area contributed by atoms with E-state index in [-0.39, 0.29) is 12.0 Å². The highest BCUT2D eigenvalue weighted by molar-refractivity contribution is 9.10. The van der Waals surface area contributed by atoms with Crippen LogP contribution >= 0.6 is 15.9 Å². The van der Waals surface area contributed by atoms with E-state index in [1.165, 1.54) is 0 Å². The van der Waals surface area contributed by atoms with Gasteiger partial charge in [-0.1, -0.05) is 28.1 Å². The third-order valence-corrected chi connectivity index (χ3v) is 5.06. The molecular weight excluding hydrogens is 406 g/mol. The minimum atomic E-state index is -0.188. The second-order valence-corrected chi connectivity index (χ2v) is 7.63. The van der Waals surface area contributed by atoms with E-state index in [1.807, 2.05) is 56.3 Å². The van der Waals surface area contributed by atoms with Gasteiger partial charge in [-0.25, -0.2) is 4.99 Å². The van der Waals surface area contributed by atoms with E-state index in [4.69, 9.17) is 4.74 Å². The summed E-state index contributed by atoms with van der Waals surface area (Å²) >= 11 is 3.46. The maximum absolute atomic E-state index is 12.7. The molecule has 6 heteroatoms. The Morgan fingerprint density at radius 2 is 2.07 bits per heavy atom. The van der Waals surface area contributed by atoms with Crippen molar-refractivity contribution in [2.24, 2.45) is 4.99 Å². The van der Waals surface area contributed by atoms with Gasteiger partial charge < -0.3 is 10.1 Å². The molecule has 1 heterocycles. The van der Waals surface area contributed by atoms with E-state index in [1.54, 1.807) is 0 Å². The smallest absolute Gasteiger partial charge is 0.257 e. The lowest BCUT2D eigenvalue weighted by molar-refractivity contribution is 0.0975. The van der Waals surface area contributed by atoms with E-state index >= 15 is 0 Å². The normalized spacial score (nSPS) is 17.0. The molecule has 1 unspecified atom stereocenters. The van der Waals surface area contributed by atoms with Gasteiger partial charge in [0.1, 0.15) is 0 Å². The van der Waals surface area contributed by atoms with Gasteiger partial charge in [-0.05, 0) is 68.1 Å². The summed E-state index contributed by atoms with van der Waals surface area (Å²) in [7, 11) is 0. The van der Waals surface area contributed by atoms with Crippen molar-refractivity contribution in [2.75, 3.05) is 18.5 Å². The molecule has 1 aliphatic heterocycles. The Bertz CT molecular complexity index is 845. The summed E-state index contributed by atoms with van der Waals surface area (Å²) in [4.78, 5) is 17.3. The van der Waals surface area contributed by atoms with Gasteiger partial charge in [-0.2, -0.15) is 0 Å². The van der Waals surface area contributed by atoms with Crippen molar-refractivity contribution in [1.29, 1.82) is 0 Å². The monoisotopic (exact) mass is 429 g/mol. The third kappa shape index (κ3) is 5.65. The van der Waals surface area contributed by atoms with Crippen molar-refractivity contribution in [1.82, 2.24) is 5.32 Å². The summed E-state index contributed by atoms with van der Waals surface area (Å²) in [5, 5.41) is 6.10. The van der Waals surface area contributed by atoms with Crippen molar-refractivity contribution in [3.63, 3.8) is 0 Å². The second-order valence-electron chi connectivity index (χ2n) is 6.71. The number of benzene rings is 2. The molecular formula is C21H24BrN3O2. The molecule has 1 saturated heterocycles. The SMILES string of the molecule is Cc1ccc(C(=O)NC(=NCC2CCCO2)Nc2cccc(Br)c2)cc1C. The van der Waals surface area contributed by atoms with E-state index in [0.717, 1.165) is 40.7 Å². The minimum Gasteiger partial charge on any atom is -0.376 e. The van der Waals surface area contributed by atoms with Crippen molar-refractivity contribution in [3.8, 4) is 0 Å². The van der Waals surface area contributed by atoms with Crippen molar-refractivity contribution in [3.05, 3.63) is 63.6 Å². The lowest BCUT2D eigenvalue weighted by Crippen LogP contribution is -2.36. The number of amides is 1. The molecule has 2 aromatic rings. The number of ether oxygens (including phenoxy) is 1. The van der Waals surface area contributed by atoms with Gasteiger partial charge in [0.25, 0.3) is 5.91 Å². The van der Waals surface area contributed by atoms with Gasteiger partial charge in [0.15, 0.2) is 0 Å². The quantitative estimate of drug-likeness (QED) is 0.557. The van der Waals surface area contributed by atoms with Crippen LogP contribution in [-0.2, 0) is 4.74 Å². The summed E-state index contributed by atoms with van der Waals surface area (Å²) in [6.07, 6.45) is 2.17. The number of nitrogens with one attached hydrogen (secondary N) is 2. The fourth-order valence-corrected chi connectivity index (χ4v) is 3.26. The van der Waals surface area contributed by atoms with Crippen molar-refractivity contribution in [2.45, 2.75) is 32.8 Å². The van der Waals surface area contributed by atoms with Crippen LogP contribution in [0.1, 0.15) is 34.3 Å². The topological polar surface area (TPSA) is 62.7 Å². The first-order chi connectivity index (χ1) is 13.0. The van der Waals surface area contributed by atoms with Crippen LogP contribution in [0, 0.1) is 13.8 Å². The lowest BCUT2D eigenvalue weighted by atomic mass is 10.1. The number of aliphatic imine (C=N–C) groups is 1. The van der Waals surface area contributed by atoms with Crippen LogP contribution in [0.3, 0.4) is 0 Å². The van der Waals surface area contributed by atoms with Crippen LogP contribution in [0.4, 0.5) is 5.69 Å². The fraction of sp³-hybridized carbons (Fsp3) is 0.333. The van der Waals surface area contributed by atoms with Gasteiger partial charge in [0, 0.05) is 22.3 Å². The Morgan fingerprint density at radius 1 is 1.22 bits per heavy atom. The van der Waals surface area contributed by atoms with Crippen LogP contribution in [0.25, 0.3) is 0 Å². The molecule has 0 radical (unpaired) electrons. The van der Waals surface area contributed by atoms with Gasteiger partial charge in [0.05, 0.1) is 12.6 Å². The van der Waals surface area contributed by atoms with Crippen LogP contribution in [0.15, 0.2) is 51.9 Å². The molecule has 0 aromatic heterocycles. The molecule has 2 N–H and O–H groups in total. The highest BCUT2D eigenvalue weighted by Gasteiger charge is 2.16. The van der Waals surface area contributed by atoms with Gasteiger partial charge in [-0.3, -0.25) is 10.1 Å². The molecule has 1 aliphatic rings. The first-order valence-electron chi connectivity index (χ1n) is 9.08. The maximum atomic E-state index is 12.7. The molecule has 1 atom stereocenters. The summed E-state index contributed by atoms with van der Waals surface area (Å²) in [5.74, 6) is 0.235. The number of hydrogen-bond acceptors (Lipinski definition) is 3. The van der Waals surface area contributed by atoms with E-state index in [2.05, 4.69) is 31.6 Å². The van der Waals surface area contributed by atoms with Gasteiger partial charge in [-0.15, -0.1) is 0 Å². The van der Waals surface area contributed by atoms with E-state index in [0.29, 0.717) is 18.1 Å². The van der Waals surface area contributed by atoms with Crippen molar-refractivity contribution < 1.29 is 9.53 Å². The Hall–Kier alpha value is -2.18. The van der Waals surface area contributed by atoms with Crippen LogP contribution in [0.5, 0.6) is 0 Å². The molecule has 1 amide bonds. The highest BCUT2D eigenvalue weighted by Crippen LogP contribution is 2.16. The molecule has 0 aliphatic carbocycles. The average molecular weight is 430 g/mol. The zero-order chi connectivity index (χ0) is 19.2. The number of halogens is 1. The summed E-state index contributed by atoms with van der Waals surface area (Å²) < 4.78 is 6.59. The molecule has 142 valence electrons. The number of hydrogen-bond donors (Lipinski definition) is 2. The Kier molecular flexibility index (Phi) is 6.63. The van der Waals surface area contributed by atoms with Gasteiger partial charge in [0.2, 0.25) is 5.96 Å². The van der Waals surface area contributed by atoms with Gasteiger partial charge >= 0.3 is 0 Å². The Labute approximate surface area is 168 Å². The largest absolute Gasteiger partial charge is 0.376 e. The highest BCUT2D eigenvalue weighted by atomic mass is 79.9. The molecule has 5 nitrogen and oxygen atoms in total. The molecule has 0 bridgehead atoms. The maximum Gasteiger partial charge on any atom is 0.257 e. The molecule has 0 spiro atoms. The lowest BCUT2D eigenvalue weighted by Gasteiger charge is -2.14. The van der Waals surface area contributed by atoms with E-state index in [9.17, 15) is 4.79 Å². The van der Waals surface area contributed by atoms with Crippen LogP contribution in [0.2, 0.25) is 0 Å². The molecule has 27 heavy (non-hydrogen) atoms. The molecule has 3 rings (SSSR count). The first kappa shape index (κ1) is 19.6. The van der Waals surface area contributed by atoms with Crippen LogP contribution in [-0.4, -0.2) is 31.1 Å². The van der Waals surface area contributed by atoms with Crippen LogP contribution < -0.4 is 10.6 Å². The minimum absolute atomic E-state index is 0.114. The second kappa shape index (κ2) is 9.15. The van der Waals surface area contributed by atoms with Crippen molar-refractivity contribution >= 4 is 33.5 Å². The molecule has 1 fully saturated rings.